The van der Waals surface area contributed by atoms with Gasteiger partial charge >= 0.3 is 0 Å². The van der Waals surface area contributed by atoms with Crippen LogP contribution in [0.15, 0.2) is 52.5 Å². The van der Waals surface area contributed by atoms with Gasteiger partial charge in [-0.25, -0.2) is 8.42 Å². The number of rotatable bonds is 8. The maximum Gasteiger partial charge on any atom is 0.295 e. The summed E-state index contributed by atoms with van der Waals surface area (Å²) in [5.41, 5.74) is 4.46. The number of nitro groups is 1. The third-order valence-corrected chi connectivity index (χ3v) is 6.73. The summed E-state index contributed by atoms with van der Waals surface area (Å²) in [5, 5.41) is 15.5. The summed E-state index contributed by atoms with van der Waals surface area (Å²) >= 11 is 0. The lowest BCUT2D eigenvalue weighted by Crippen LogP contribution is -2.30. The number of anilines is 1. The first-order valence-corrected chi connectivity index (χ1v) is 11.1. The van der Waals surface area contributed by atoms with E-state index >= 15 is 0 Å². The Balaban J connectivity index is 2.26. The molecule has 1 N–H and O–H groups in total. The van der Waals surface area contributed by atoms with E-state index in [-0.39, 0.29) is 34.8 Å². The summed E-state index contributed by atoms with van der Waals surface area (Å²) < 4.78 is 26.5. The van der Waals surface area contributed by atoms with Gasteiger partial charge in [0.1, 0.15) is 5.69 Å². The molecule has 0 spiro atoms. The first kappa shape index (κ1) is 23.5. The van der Waals surface area contributed by atoms with Crippen molar-refractivity contribution < 1.29 is 13.3 Å². The van der Waals surface area contributed by atoms with E-state index in [2.05, 4.69) is 31.3 Å². The van der Waals surface area contributed by atoms with Gasteiger partial charge in [-0.15, -0.1) is 0 Å². The smallest absolute Gasteiger partial charge is 0.272 e. The van der Waals surface area contributed by atoms with E-state index in [1.54, 1.807) is 20.1 Å². The number of nitrogens with zero attached hydrogens (tertiary/aromatic N) is 3. The van der Waals surface area contributed by atoms with E-state index < -0.39 is 14.9 Å². The molecule has 162 valence electrons. The van der Waals surface area contributed by atoms with Crippen molar-refractivity contribution in [3.8, 4) is 0 Å². The Morgan fingerprint density at radius 2 is 1.70 bits per heavy atom. The van der Waals surface area contributed by atoms with Gasteiger partial charge in [0.25, 0.3) is 5.69 Å². The van der Waals surface area contributed by atoms with Gasteiger partial charge in [-0.3, -0.25) is 15.5 Å². The summed E-state index contributed by atoms with van der Waals surface area (Å²) in [4.78, 5) is 10.7. The second kappa shape index (κ2) is 9.36. The predicted octanol–water partition coefficient (Wildman–Crippen LogP) is 4.37. The lowest BCUT2D eigenvalue weighted by molar-refractivity contribution is -0.384. The molecule has 0 saturated carbocycles. The largest absolute Gasteiger partial charge is 0.295 e. The van der Waals surface area contributed by atoms with Crippen LogP contribution in [0.4, 0.5) is 11.4 Å². The van der Waals surface area contributed by atoms with E-state index in [9.17, 15) is 18.5 Å². The highest BCUT2D eigenvalue weighted by atomic mass is 32.2. The van der Waals surface area contributed by atoms with Gasteiger partial charge in [-0.2, -0.15) is 9.41 Å². The molecule has 0 fully saturated rings. The number of nitro benzene ring substituents is 1. The number of hydrogen-bond acceptors (Lipinski definition) is 6. The monoisotopic (exact) mass is 432 g/mol. The molecule has 2 aromatic rings. The summed E-state index contributed by atoms with van der Waals surface area (Å²) in [5.74, 6) is 0. The first-order valence-electron chi connectivity index (χ1n) is 9.69. The Morgan fingerprint density at radius 1 is 1.10 bits per heavy atom. The molecule has 0 bridgehead atoms. The molecule has 9 heteroatoms. The zero-order valence-electron chi connectivity index (χ0n) is 17.9. The molecule has 8 nitrogen and oxygen atoms in total. The molecule has 0 aromatic heterocycles. The van der Waals surface area contributed by atoms with Crippen LogP contribution in [0.5, 0.6) is 0 Å². The summed E-state index contributed by atoms with van der Waals surface area (Å²) in [6, 6.07) is 11.6. The zero-order chi connectivity index (χ0) is 22.5. The number of benzene rings is 2. The number of hydrogen-bond donors (Lipinski definition) is 1. The number of hydrazone groups is 1. The maximum atomic E-state index is 12.6. The van der Waals surface area contributed by atoms with Crippen LogP contribution in [0.1, 0.15) is 45.7 Å². The van der Waals surface area contributed by atoms with E-state index in [0.717, 1.165) is 11.6 Å². The molecular weight excluding hydrogens is 404 g/mol. The average Bonchev–Trinajstić information content (AvgIpc) is 2.68. The van der Waals surface area contributed by atoms with Crippen molar-refractivity contribution in [2.75, 3.05) is 18.5 Å². The van der Waals surface area contributed by atoms with Gasteiger partial charge in [0, 0.05) is 19.2 Å². The van der Waals surface area contributed by atoms with Crippen LogP contribution in [-0.2, 0) is 15.4 Å². The van der Waals surface area contributed by atoms with E-state index in [4.69, 9.17) is 0 Å². The van der Waals surface area contributed by atoms with Crippen LogP contribution in [0, 0.1) is 10.1 Å². The van der Waals surface area contributed by atoms with Crippen LogP contribution >= 0.6 is 0 Å². The molecule has 0 aliphatic rings. The molecule has 30 heavy (non-hydrogen) atoms. The van der Waals surface area contributed by atoms with Crippen LogP contribution in [0.3, 0.4) is 0 Å². The SMILES string of the molecule is CCN(CC)S(=O)(=O)c1ccc(NN=Cc2ccc(C(C)(C)C)cc2)c([N+](=O)[O-])c1. The molecule has 2 rings (SSSR count). The van der Waals surface area contributed by atoms with Gasteiger partial charge in [0.15, 0.2) is 0 Å². The topological polar surface area (TPSA) is 105 Å². The lowest BCUT2D eigenvalue weighted by Gasteiger charge is -2.18. The van der Waals surface area contributed by atoms with Gasteiger partial charge in [-0.05, 0) is 28.7 Å². The summed E-state index contributed by atoms with van der Waals surface area (Å²) in [7, 11) is -3.79. The zero-order valence-corrected chi connectivity index (χ0v) is 18.7. The lowest BCUT2D eigenvalue weighted by atomic mass is 9.87. The van der Waals surface area contributed by atoms with Crippen molar-refractivity contribution in [3.63, 3.8) is 0 Å². The Morgan fingerprint density at radius 3 is 2.20 bits per heavy atom. The highest BCUT2D eigenvalue weighted by molar-refractivity contribution is 7.89. The quantitative estimate of drug-likeness (QED) is 0.379. The second-order valence-electron chi connectivity index (χ2n) is 7.77. The van der Waals surface area contributed by atoms with Crippen molar-refractivity contribution in [2.24, 2.45) is 5.10 Å². The Hall–Kier alpha value is -2.78. The van der Waals surface area contributed by atoms with Gasteiger partial charge in [-0.1, -0.05) is 58.9 Å². The van der Waals surface area contributed by atoms with Crippen molar-refractivity contribution in [1.29, 1.82) is 0 Å². The van der Waals surface area contributed by atoms with Crippen molar-refractivity contribution >= 4 is 27.6 Å². The fraction of sp³-hybridized carbons (Fsp3) is 0.381. The standard InChI is InChI=1S/C21H28N4O4S/c1-6-24(7-2)30(28,29)18-12-13-19(20(14-18)25(26)27)23-22-15-16-8-10-17(11-9-16)21(3,4)5/h8-15,23H,6-7H2,1-5H3. The molecule has 0 heterocycles. The van der Waals surface area contributed by atoms with Crippen molar-refractivity contribution in [1.82, 2.24) is 4.31 Å². The van der Waals surface area contributed by atoms with Crippen molar-refractivity contribution in [2.45, 2.75) is 44.9 Å². The first-order chi connectivity index (χ1) is 14.0. The van der Waals surface area contributed by atoms with Gasteiger partial charge < -0.3 is 0 Å². The molecule has 0 aliphatic carbocycles. The molecular formula is C21H28N4O4S. The second-order valence-corrected chi connectivity index (χ2v) is 9.71. The predicted molar refractivity (Wildman–Crippen MR) is 120 cm³/mol. The highest BCUT2D eigenvalue weighted by Gasteiger charge is 2.25. The molecule has 0 unspecified atom stereocenters. The molecule has 0 atom stereocenters. The number of sulfonamides is 1. The van der Waals surface area contributed by atoms with E-state index in [1.165, 1.54) is 22.0 Å². The minimum Gasteiger partial charge on any atom is -0.272 e. The van der Waals surface area contributed by atoms with Crippen LogP contribution in [-0.4, -0.2) is 37.0 Å². The van der Waals surface area contributed by atoms with E-state index in [0.29, 0.717) is 0 Å². The van der Waals surface area contributed by atoms with Gasteiger partial charge in [0.2, 0.25) is 10.0 Å². The third-order valence-electron chi connectivity index (χ3n) is 4.68. The Bertz CT molecular complexity index is 1020. The van der Waals surface area contributed by atoms with Gasteiger partial charge in [0.05, 0.1) is 16.0 Å². The normalized spacial score (nSPS) is 12.5. The van der Waals surface area contributed by atoms with E-state index in [1.807, 2.05) is 24.3 Å². The summed E-state index contributed by atoms with van der Waals surface area (Å²) in [6.45, 7) is 10.4. The molecule has 0 saturated heterocycles. The fourth-order valence-electron chi connectivity index (χ4n) is 2.88. The van der Waals surface area contributed by atoms with Crippen molar-refractivity contribution in [3.05, 3.63) is 63.7 Å². The minimum atomic E-state index is -3.79. The molecule has 0 radical (unpaired) electrons. The number of nitrogens with one attached hydrogen (secondary N) is 1. The summed E-state index contributed by atoms with van der Waals surface area (Å²) in [6.07, 6.45) is 1.55. The highest BCUT2D eigenvalue weighted by Crippen LogP contribution is 2.29. The van der Waals surface area contributed by atoms with Crippen LogP contribution < -0.4 is 5.43 Å². The molecule has 0 amide bonds. The third kappa shape index (κ3) is 5.43. The Kier molecular flexibility index (Phi) is 7.33. The Labute approximate surface area is 177 Å². The van der Waals surface area contributed by atoms with Crippen LogP contribution in [0.25, 0.3) is 0 Å². The van der Waals surface area contributed by atoms with Crippen LogP contribution in [0.2, 0.25) is 0 Å². The average molecular weight is 433 g/mol. The molecule has 2 aromatic carbocycles. The maximum absolute atomic E-state index is 12.6. The molecule has 0 aliphatic heterocycles. The fourth-order valence-corrected chi connectivity index (χ4v) is 4.35. The minimum absolute atomic E-state index is 0.0434.